The fourth-order valence-electron chi connectivity index (χ4n) is 3.29. The van der Waals surface area contributed by atoms with Gasteiger partial charge >= 0.3 is 0 Å². The summed E-state index contributed by atoms with van der Waals surface area (Å²) in [5.41, 5.74) is 0.911. The summed E-state index contributed by atoms with van der Waals surface area (Å²) in [5, 5.41) is 4.60. The van der Waals surface area contributed by atoms with Crippen LogP contribution in [0.1, 0.15) is 24.2 Å². The molecule has 0 saturated heterocycles. The second-order valence-corrected chi connectivity index (χ2v) is 11.0. The van der Waals surface area contributed by atoms with Crippen LogP contribution in [0.2, 0.25) is 0 Å². The number of thiazole rings is 1. The van der Waals surface area contributed by atoms with Crippen LogP contribution in [-0.4, -0.2) is 53.0 Å². The van der Waals surface area contributed by atoms with E-state index in [0.29, 0.717) is 27.5 Å². The Bertz CT molecular complexity index is 1400. The predicted molar refractivity (Wildman–Crippen MR) is 130 cm³/mol. The molecule has 0 saturated carbocycles. The minimum atomic E-state index is -3.66. The average Bonchev–Trinajstić information content (AvgIpc) is 3.48. The maximum absolute atomic E-state index is 13.7. The molecule has 178 valence electrons. The van der Waals surface area contributed by atoms with Gasteiger partial charge in [-0.05, 0) is 62.4 Å². The van der Waals surface area contributed by atoms with Crippen molar-refractivity contribution in [2.75, 3.05) is 18.5 Å². The second-order valence-electron chi connectivity index (χ2n) is 7.97. The first-order valence-electron chi connectivity index (χ1n) is 10.6. The van der Waals surface area contributed by atoms with Crippen molar-refractivity contribution in [3.8, 4) is 0 Å². The normalized spacial score (nSPS) is 12.1. The first-order valence-corrected chi connectivity index (χ1v) is 12.9. The molecule has 0 fully saturated rings. The van der Waals surface area contributed by atoms with E-state index < -0.39 is 10.0 Å². The van der Waals surface area contributed by atoms with Crippen LogP contribution in [0.4, 0.5) is 9.52 Å². The van der Waals surface area contributed by atoms with Crippen LogP contribution >= 0.6 is 11.3 Å². The number of hydrogen-bond acceptors (Lipinski definition) is 6. The van der Waals surface area contributed by atoms with Crippen LogP contribution in [0.3, 0.4) is 0 Å². The third-order valence-electron chi connectivity index (χ3n) is 5.43. The van der Waals surface area contributed by atoms with Crippen molar-refractivity contribution >= 4 is 42.6 Å². The minimum Gasteiger partial charge on any atom is -0.282 e. The molecular formula is C23H24FN5O3S2. The zero-order chi connectivity index (χ0) is 24.5. The van der Waals surface area contributed by atoms with Crippen LogP contribution in [0.15, 0.2) is 65.8 Å². The van der Waals surface area contributed by atoms with Gasteiger partial charge in [-0.2, -0.15) is 9.40 Å². The Hall–Kier alpha value is -3.15. The van der Waals surface area contributed by atoms with Crippen molar-refractivity contribution in [1.29, 1.82) is 0 Å². The molecule has 2 aromatic heterocycles. The maximum Gasteiger partial charge on any atom is 0.260 e. The van der Waals surface area contributed by atoms with Crippen LogP contribution in [0, 0.1) is 5.82 Å². The van der Waals surface area contributed by atoms with Gasteiger partial charge in [0.15, 0.2) is 5.13 Å². The van der Waals surface area contributed by atoms with Crippen LogP contribution in [0.5, 0.6) is 0 Å². The van der Waals surface area contributed by atoms with E-state index in [2.05, 4.69) is 10.1 Å². The molecule has 2 heterocycles. The summed E-state index contributed by atoms with van der Waals surface area (Å²) < 4.78 is 42.8. The van der Waals surface area contributed by atoms with Gasteiger partial charge in [0.05, 0.1) is 21.7 Å². The largest absolute Gasteiger partial charge is 0.282 e. The van der Waals surface area contributed by atoms with Gasteiger partial charge in [0.1, 0.15) is 5.82 Å². The molecular weight excluding hydrogens is 477 g/mol. The van der Waals surface area contributed by atoms with Gasteiger partial charge in [-0.15, -0.1) is 0 Å². The van der Waals surface area contributed by atoms with Crippen LogP contribution in [0.25, 0.3) is 10.2 Å². The SMILES string of the molecule is CC(C)N(C)S(=O)(=O)c1ccc(C(=O)N(CCn2cccn2)c2nc3ccc(F)cc3s2)cc1. The quantitative estimate of drug-likeness (QED) is 0.364. The molecule has 0 aliphatic heterocycles. The highest BCUT2D eigenvalue weighted by molar-refractivity contribution is 7.89. The Labute approximate surface area is 201 Å². The molecule has 0 spiro atoms. The van der Waals surface area contributed by atoms with E-state index in [1.807, 2.05) is 0 Å². The molecule has 0 radical (unpaired) electrons. The summed E-state index contributed by atoms with van der Waals surface area (Å²) in [6, 6.07) is 11.7. The van der Waals surface area contributed by atoms with Crippen molar-refractivity contribution in [2.45, 2.75) is 31.3 Å². The Morgan fingerprint density at radius 3 is 2.56 bits per heavy atom. The molecule has 4 rings (SSSR count). The van der Waals surface area contributed by atoms with Gasteiger partial charge in [0, 0.05) is 37.6 Å². The Balaban J connectivity index is 1.65. The number of sulfonamides is 1. The number of halogens is 1. The lowest BCUT2D eigenvalue weighted by Crippen LogP contribution is -2.34. The Morgan fingerprint density at radius 2 is 1.91 bits per heavy atom. The second kappa shape index (κ2) is 9.61. The topological polar surface area (TPSA) is 88.4 Å². The monoisotopic (exact) mass is 501 g/mol. The average molecular weight is 502 g/mol. The lowest BCUT2D eigenvalue weighted by molar-refractivity contribution is 0.0985. The van der Waals surface area contributed by atoms with Gasteiger partial charge in [-0.3, -0.25) is 14.4 Å². The van der Waals surface area contributed by atoms with E-state index in [-0.39, 0.29) is 29.2 Å². The van der Waals surface area contributed by atoms with Gasteiger partial charge in [-0.25, -0.2) is 17.8 Å². The van der Waals surface area contributed by atoms with Crippen molar-refractivity contribution < 1.29 is 17.6 Å². The van der Waals surface area contributed by atoms with Gasteiger partial charge < -0.3 is 0 Å². The lowest BCUT2D eigenvalue weighted by Gasteiger charge is -2.22. The van der Waals surface area contributed by atoms with Gasteiger partial charge in [0.25, 0.3) is 5.91 Å². The zero-order valence-electron chi connectivity index (χ0n) is 18.9. The van der Waals surface area contributed by atoms with Crippen molar-refractivity contribution in [3.63, 3.8) is 0 Å². The number of hydrogen-bond donors (Lipinski definition) is 0. The number of anilines is 1. The Kier molecular flexibility index (Phi) is 6.78. The van der Waals surface area contributed by atoms with Gasteiger partial charge in [0.2, 0.25) is 10.0 Å². The minimum absolute atomic E-state index is 0.110. The number of carbonyl (C=O) groups excluding carboxylic acids is 1. The summed E-state index contributed by atoms with van der Waals surface area (Å²) in [7, 11) is -2.14. The molecule has 11 heteroatoms. The number of rotatable bonds is 8. The Morgan fingerprint density at radius 1 is 1.18 bits per heavy atom. The third-order valence-corrected chi connectivity index (χ3v) is 8.52. The van der Waals surface area contributed by atoms with Crippen molar-refractivity contribution in [1.82, 2.24) is 19.1 Å². The predicted octanol–water partition coefficient (Wildman–Crippen LogP) is 4.01. The van der Waals surface area contributed by atoms with E-state index in [1.54, 1.807) is 43.1 Å². The molecule has 1 amide bonds. The smallest absolute Gasteiger partial charge is 0.260 e. The van der Waals surface area contributed by atoms with E-state index >= 15 is 0 Å². The highest BCUT2D eigenvalue weighted by Gasteiger charge is 2.25. The number of aromatic nitrogens is 3. The zero-order valence-corrected chi connectivity index (χ0v) is 20.6. The molecule has 0 unspecified atom stereocenters. The number of benzene rings is 2. The van der Waals surface area contributed by atoms with E-state index in [0.717, 1.165) is 0 Å². The fraction of sp³-hybridized carbons (Fsp3) is 0.261. The molecule has 4 aromatic rings. The summed E-state index contributed by atoms with van der Waals surface area (Å²) in [5.74, 6) is -0.715. The highest BCUT2D eigenvalue weighted by atomic mass is 32.2. The van der Waals surface area contributed by atoms with Crippen molar-refractivity contribution in [2.24, 2.45) is 0 Å². The molecule has 0 aliphatic rings. The molecule has 0 atom stereocenters. The summed E-state index contributed by atoms with van der Waals surface area (Å²) in [6.07, 6.45) is 3.45. The molecule has 8 nitrogen and oxygen atoms in total. The van der Waals surface area contributed by atoms with Gasteiger partial charge in [-0.1, -0.05) is 11.3 Å². The summed E-state index contributed by atoms with van der Waals surface area (Å²) in [4.78, 5) is 19.6. The number of fused-ring (bicyclic) bond motifs is 1. The fourth-order valence-corrected chi connectivity index (χ4v) is 5.67. The third kappa shape index (κ3) is 4.86. The number of nitrogens with zero attached hydrogens (tertiary/aromatic N) is 5. The number of carbonyl (C=O) groups is 1. The molecule has 0 N–H and O–H groups in total. The standard InChI is InChI=1S/C23H24FN5O3S2/c1-16(2)27(3)34(31,32)19-8-5-17(6-9-19)22(30)29(14-13-28-12-4-11-25-28)23-26-20-10-7-18(24)15-21(20)33-23/h4-12,15-16H,13-14H2,1-3H3. The molecule has 2 aromatic carbocycles. The van der Waals surface area contributed by atoms with E-state index in [1.165, 1.54) is 64.0 Å². The van der Waals surface area contributed by atoms with E-state index in [4.69, 9.17) is 0 Å². The number of amides is 1. The van der Waals surface area contributed by atoms with Crippen LogP contribution < -0.4 is 4.90 Å². The summed E-state index contributed by atoms with van der Waals surface area (Å²) >= 11 is 1.22. The lowest BCUT2D eigenvalue weighted by atomic mass is 10.2. The highest BCUT2D eigenvalue weighted by Crippen LogP contribution is 2.30. The van der Waals surface area contributed by atoms with E-state index in [9.17, 15) is 17.6 Å². The first-order chi connectivity index (χ1) is 16.2. The summed E-state index contributed by atoms with van der Waals surface area (Å²) in [6.45, 7) is 4.28. The first kappa shape index (κ1) is 24.0. The molecule has 0 aliphatic carbocycles. The maximum atomic E-state index is 13.7. The van der Waals surface area contributed by atoms with Crippen LogP contribution in [-0.2, 0) is 16.6 Å². The molecule has 0 bridgehead atoms. The molecule has 34 heavy (non-hydrogen) atoms. The van der Waals surface area contributed by atoms with Crippen molar-refractivity contribution in [3.05, 3.63) is 72.3 Å².